The van der Waals surface area contributed by atoms with Crippen LogP contribution >= 0.6 is 0 Å². The zero-order valence-corrected chi connectivity index (χ0v) is 9.85. The Morgan fingerprint density at radius 3 is 2.94 bits per heavy atom. The quantitative estimate of drug-likeness (QED) is 0.727. The molecule has 0 atom stereocenters. The molecule has 0 unspecified atom stereocenters. The van der Waals surface area contributed by atoms with E-state index in [9.17, 15) is 0 Å². The van der Waals surface area contributed by atoms with Crippen molar-refractivity contribution in [2.24, 2.45) is 5.73 Å². The van der Waals surface area contributed by atoms with Crippen LogP contribution in [0.2, 0.25) is 0 Å². The van der Waals surface area contributed by atoms with E-state index in [1.165, 1.54) is 16.3 Å². The van der Waals surface area contributed by atoms with Gasteiger partial charge in [-0.1, -0.05) is 18.2 Å². The lowest BCUT2D eigenvalue weighted by Gasteiger charge is -2.02. The molecule has 1 aromatic carbocycles. The normalized spacial score (nSPS) is 11.4. The van der Waals surface area contributed by atoms with Gasteiger partial charge >= 0.3 is 0 Å². The first-order valence-corrected chi connectivity index (χ1v) is 5.85. The number of hydrogen-bond donors (Lipinski definition) is 1. The van der Waals surface area contributed by atoms with Crippen LogP contribution < -0.4 is 5.73 Å². The summed E-state index contributed by atoms with van der Waals surface area (Å²) in [6.45, 7) is 2.77. The average molecular weight is 225 g/mol. The first-order valence-electron chi connectivity index (χ1n) is 5.85. The Labute approximate surface area is 99.9 Å². The summed E-state index contributed by atoms with van der Waals surface area (Å²) in [5, 5.41) is 2.47. The molecule has 0 bridgehead atoms. The van der Waals surface area contributed by atoms with Crippen LogP contribution in [0, 0.1) is 6.92 Å². The van der Waals surface area contributed by atoms with E-state index < -0.39 is 0 Å². The van der Waals surface area contributed by atoms with Crippen molar-refractivity contribution in [3.8, 4) is 0 Å². The Morgan fingerprint density at radius 1 is 1.24 bits per heavy atom. The van der Waals surface area contributed by atoms with Gasteiger partial charge in [-0.05, 0) is 30.5 Å². The van der Waals surface area contributed by atoms with Crippen LogP contribution in [-0.4, -0.2) is 15.9 Å². The van der Waals surface area contributed by atoms with Crippen LogP contribution in [0.4, 0.5) is 0 Å². The summed E-state index contributed by atoms with van der Waals surface area (Å²) in [5.41, 5.74) is 8.94. The minimum Gasteiger partial charge on any atom is -0.330 e. The minimum atomic E-state index is 0.640. The molecule has 0 aliphatic heterocycles. The van der Waals surface area contributed by atoms with Crippen LogP contribution in [-0.2, 0) is 6.42 Å². The maximum absolute atomic E-state index is 5.57. The van der Waals surface area contributed by atoms with Gasteiger partial charge in [-0.25, -0.2) is 4.98 Å². The number of fused-ring (bicyclic) bond motifs is 3. The summed E-state index contributed by atoms with van der Waals surface area (Å²) in [7, 11) is 0. The summed E-state index contributed by atoms with van der Waals surface area (Å²) in [4.78, 5) is 4.65. The summed E-state index contributed by atoms with van der Waals surface area (Å²) in [6.07, 6.45) is 4.95. The molecular weight excluding hydrogens is 210 g/mol. The third kappa shape index (κ3) is 1.59. The number of hydrogen-bond acceptors (Lipinski definition) is 2. The second-order valence-electron chi connectivity index (χ2n) is 4.35. The van der Waals surface area contributed by atoms with Gasteiger partial charge in [0.05, 0.1) is 5.69 Å². The SMILES string of the molecule is Cc1cccc2c1ccn1cc(CCN)nc21. The molecular formula is C14H15N3. The predicted octanol–water partition coefficient (Wildman–Crippen LogP) is 2.30. The molecule has 0 spiro atoms. The molecule has 0 saturated heterocycles. The fraction of sp³-hybridized carbons (Fsp3) is 0.214. The predicted molar refractivity (Wildman–Crippen MR) is 70.2 cm³/mol. The highest BCUT2D eigenvalue weighted by molar-refractivity contribution is 5.95. The largest absolute Gasteiger partial charge is 0.330 e. The van der Waals surface area contributed by atoms with E-state index in [1.807, 2.05) is 0 Å². The van der Waals surface area contributed by atoms with E-state index in [2.05, 4.69) is 53.0 Å². The van der Waals surface area contributed by atoms with Crippen molar-refractivity contribution in [1.82, 2.24) is 9.38 Å². The Balaban J connectivity index is 2.35. The second kappa shape index (κ2) is 3.86. The van der Waals surface area contributed by atoms with E-state index >= 15 is 0 Å². The number of pyridine rings is 1. The van der Waals surface area contributed by atoms with Crippen molar-refractivity contribution in [3.63, 3.8) is 0 Å². The minimum absolute atomic E-state index is 0.640. The molecule has 2 aromatic heterocycles. The van der Waals surface area contributed by atoms with Crippen LogP contribution in [0.5, 0.6) is 0 Å². The summed E-state index contributed by atoms with van der Waals surface area (Å²) < 4.78 is 2.08. The highest BCUT2D eigenvalue weighted by Crippen LogP contribution is 2.22. The topological polar surface area (TPSA) is 43.3 Å². The van der Waals surface area contributed by atoms with E-state index in [0.717, 1.165) is 17.8 Å². The molecule has 3 heteroatoms. The molecule has 2 heterocycles. The van der Waals surface area contributed by atoms with Crippen LogP contribution in [0.15, 0.2) is 36.7 Å². The first kappa shape index (κ1) is 10.3. The summed E-state index contributed by atoms with van der Waals surface area (Å²) in [5.74, 6) is 0. The zero-order valence-electron chi connectivity index (χ0n) is 9.85. The van der Waals surface area contributed by atoms with Crippen molar-refractivity contribution < 1.29 is 0 Å². The molecule has 86 valence electrons. The Morgan fingerprint density at radius 2 is 2.12 bits per heavy atom. The first-order chi connectivity index (χ1) is 8.29. The van der Waals surface area contributed by atoms with Crippen LogP contribution in [0.3, 0.4) is 0 Å². The number of imidazole rings is 1. The van der Waals surface area contributed by atoms with E-state index in [4.69, 9.17) is 5.73 Å². The number of aromatic nitrogens is 2. The lowest BCUT2D eigenvalue weighted by Crippen LogP contribution is -2.02. The zero-order chi connectivity index (χ0) is 11.8. The number of benzene rings is 1. The fourth-order valence-electron chi connectivity index (χ4n) is 2.28. The van der Waals surface area contributed by atoms with E-state index in [1.54, 1.807) is 0 Å². The number of aryl methyl sites for hydroxylation is 1. The van der Waals surface area contributed by atoms with Gasteiger partial charge in [0.15, 0.2) is 0 Å². The average Bonchev–Trinajstić information content (AvgIpc) is 2.73. The lowest BCUT2D eigenvalue weighted by atomic mass is 10.1. The second-order valence-corrected chi connectivity index (χ2v) is 4.35. The maximum atomic E-state index is 5.57. The van der Waals surface area contributed by atoms with Crippen molar-refractivity contribution in [1.29, 1.82) is 0 Å². The molecule has 3 aromatic rings. The van der Waals surface area contributed by atoms with E-state index in [0.29, 0.717) is 6.54 Å². The molecule has 0 aliphatic carbocycles. The van der Waals surface area contributed by atoms with Gasteiger partial charge in [0.2, 0.25) is 0 Å². The third-order valence-electron chi connectivity index (χ3n) is 3.15. The lowest BCUT2D eigenvalue weighted by molar-refractivity contribution is 0.937. The highest BCUT2D eigenvalue weighted by atomic mass is 15.0. The van der Waals surface area contributed by atoms with Crippen molar-refractivity contribution in [3.05, 3.63) is 47.9 Å². The molecule has 0 saturated carbocycles. The third-order valence-corrected chi connectivity index (χ3v) is 3.15. The van der Waals surface area contributed by atoms with Crippen LogP contribution in [0.1, 0.15) is 11.3 Å². The van der Waals surface area contributed by atoms with Gasteiger partial charge in [-0.2, -0.15) is 0 Å². The van der Waals surface area contributed by atoms with Crippen molar-refractivity contribution >= 4 is 16.4 Å². The van der Waals surface area contributed by atoms with Crippen molar-refractivity contribution in [2.75, 3.05) is 6.54 Å². The maximum Gasteiger partial charge on any atom is 0.144 e. The smallest absolute Gasteiger partial charge is 0.144 e. The van der Waals surface area contributed by atoms with Gasteiger partial charge in [0.25, 0.3) is 0 Å². The summed E-state index contributed by atoms with van der Waals surface area (Å²) >= 11 is 0. The number of nitrogens with zero attached hydrogens (tertiary/aromatic N) is 2. The molecule has 0 amide bonds. The molecule has 17 heavy (non-hydrogen) atoms. The Hall–Kier alpha value is -1.87. The molecule has 3 rings (SSSR count). The molecule has 3 nitrogen and oxygen atoms in total. The molecule has 0 aliphatic rings. The monoisotopic (exact) mass is 225 g/mol. The standard InChI is InChI=1S/C14H15N3/c1-10-3-2-4-13-12(10)6-8-17-9-11(5-7-15)16-14(13)17/h2-4,6,8-9H,5,7,15H2,1H3. The highest BCUT2D eigenvalue weighted by Gasteiger charge is 2.06. The summed E-state index contributed by atoms with van der Waals surface area (Å²) in [6, 6.07) is 8.47. The van der Waals surface area contributed by atoms with Gasteiger partial charge < -0.3 is 10.1 Å². The van der Waals surface area contributed by atoms with Crippen molar-refractivity contribution in [2.45, 2.75) is 13.3 Å². The van der Waals surface area contributed by atoms with Gasteiger partial charge in [0.1, 0.15) is 5.65 Å². The number of nitrogens with two attached hydrogens (primary N) is 1. The van der Waals surface area contributed by atoms with Crippen LogP contribution in [0.25, 0.3) is 16.4 Å². The Bertz CT molecular complexity index is 682. The molecule has 0 fully saturated rings. The van der Waals surface area contributed by atoms with Gasteiger partial charge in [0, 0.05) is 24.2 Å². The molecule has 0 radical (unpaired) electrons. The molecule has 2 N–H and O–H groups in total. The van der Waals surface area contributed by atoms with Gasteiger partial charge in [-0.15, -0.1) is 0 Å². The van der Waals surface area contributed by atoms with E-state index in [-0.39, 0.29) is 0 Å². The Kier molecular flexibility index (Phi) is 2.34. The number of rotatable bonds is 2. The fourth-order valence-corrected chi connectivity index (χ4v) is 2.28. The van der Waals surface area contributed by atoms with Gasteiger partial charge in [-0.3, -0.25) is 0 Å².